The zero-order chi connectivity index (χ0) is 11.5. The van der Waals surface area contributed by atoms with E-state index >= 15 is 0 Å². The first-order chi connectivity index (χ1) is 7.70. The molecule has 0 aliphatic rings. The van der Waals surface area contributed by atoms with Gasteiger partial charge in [-0.1, -0.05) is 32.0 Å². The number of nitrogens with zero attached hydrogens (tertiary/aromatic N) is 1. The molecule has 0 aliphatic carbocycles. The minimum absolute atomic E-state index is 0.122. The number of halogens is 1. The molecule has 0 radical (unpaired) electrons. The number of benzene rings is 1. The van der Waals surface area contributed by atoms with Gasteiger partial charge in [0.2, 0.25) is 0 Å². The van der Waals surface area contributed by atoms with Gasteiger partial charge in [0.15, 0.2) is 0 Å². The average molecular weight is 215 g/mol. The Kier molecular flexibility index (Phi) is 3.00. The highest BCUT2D eigenvalue weighted by molar-refractivity contribution is 5.64. The Morgan fingerprint density at radius 1 is 1.06 bits per heavy atom. The normalized spacial score (nSPS) is 10.8. The largest absolute Gasteiger partial charge is 0.265 e. The third kappa shape index (κ3) is 1.96. The van der Waals surface area contributed by atoms with Gasteiger partial charge in [0.1, 0.15) is 5.82 Å². The summed E-state index contributed by atoms with van der Waals surface area (Å²) in [5.74, 6) is 0.0745. The molecule has 0 saturated carbocycles. The van der Waals surface area contributed by atoms with Crippen molar-refractivity contribution in [3.05, 3.63) is 54.1 Å². The van der Waals surface area contributed by atoms with Gasteiger partial charge in [-0.3, -0.25) is 4.98 Å². The number of aromatic nitrogens is 1. The summed E-state index contributed by atoms with van der Waals surface area (Å²) in [6.45, 7) is 3.99. The van der Waals surface area contributed by atoms with Crippen molar-refractivity contribution in [3.63, 3.8) is 0 Å². The maximum absolute atomic E-state index is 14.2. The molecule has 0 bridgehead atoms. The second-order valence-electron chi connectivity index (χ2n) is 4.10. The molecule has 0 amide bonds. The summed E-state index contributed by atoms with van der Waals surface area (Å²) in [4.78, 5) is 3.94. The summed E-state index contributed by atoms with van der Waals surface area (Å²) in [5.41, 5.74) is 2.28. The van der Waals surface area contributed by atoms with Crippen LogP contribution in [0.25, 0.3) is 11.1 Å². The minimum atomic E-state index is -0.122. The molecule has 2 aromatic rings. The molecule has 1 nitrogen and oxygen atoms in total. The van der Waals surface area contributed by atoms with Crippen LogP contribution in [0.5, 0.6) is 0 Å². The lowest BCUT2D eigenvalue weighted by atomic mass is 9.97. The molecule has 2 rings (SSSR count). The summed E-state index contributed by atoms with van der Waals surface area (Å²) >= 11 is 0. The van der Waals surface area contributed by atoms with Crippen LogP contribution in [0.1, 0.15) is 25.3 Å². The van der Waals surface area contributed by atoms with E-state index in [0.717, 1.165) is 11.1 Å². The lowest BCUT2D eigenvalue weighted by Crippen LogP contribution is -1.95. The molecule has 82 valence electrons. The van der Waals surface area contributed by atoms with E-state index in [1.807, 2.05) is 38.1 Å². The lowest BCUT2D eigenvalue weighted by molar-refractivity contribution is 0.602. The van der Waals surface area contributed by atoms with Gasteiger partial charge >= 0.3 is 0 Å². The second-order valence-corrected chi connectivity index (χ2v) is 4.10. The average Bonchev–Trinajstić information content (AvgIpc) is 2.30. The molecule has 1 aromatic carbocycles. The van der Waals surface area contributed by atoms with Gasteiger partial charge in [0, 0.05) is 18.0 Å². The molecule has 0 unspecified atom stereocenters. The summed E-state index contributed by atoms with van der Waals surface area (Å²) in [5, 5.41) is 0. The number of hydrogen-bond acceptors (Lipinski definition) is 1. The summed E-state index contributed by atoms with van der Waals surface area (Å²) in [6, 6.07) is 9.18. The molecule has 2 heteroatoms. The maximum Gasteiger partial charge on any atom is 0.134 e. The highest BCUT2D eigenvalue weighted by atomic mass is 19.1. The first kappa shape index (κ1) is 10.8. The molecular weight excluding hydrogens is 201 g/mol. The Labute approximate surface area is 95.0 Å². The van der Waals surface area contributed by atoms with E-state index in [1.54, 1.807) is 18.5 Å². The number of pyridine rings is 1. The van der Waals surface area contributed by atoms with Crippen LogP contribution in [0.3, 0.4) is 0 Å². The zero-order valence-corrected chi connectivity index (χ0v) is 9.44. The van der Waals surface area contributed by atoms with E-state index in [2.05, 4.69) is 4.98 Å². The first-order valence-corrected chi connectivity index (χ1v) is 5.39. The highest BCUT2D eigenvalue weighted by Gasteiger charge is 2.11. The molecule has 0 fully saturated rings. The maximum atomic E-state index is 14.2. The van der Waals surface area contributed by atoms with Gasteiger partial charge in [0.05, 0.1) is 0 Å². The quantitative estimate of drug-likeness (QED) is 0.737. The fourth-order valence-corrected chi connectivity index (χ4v) is 1.75. The van der Waals surface area contributed by atoms with E-state index in [-0.39, 0.29) is 11.7 Å². The molecule has 0 atom stereocenters. The Morgan fingerprint density at radius 2 is 1.75 bits per heavy atom. The van der Waals surface area contributed by atoms with Crippen molar-refractivity contribution in [3.8, 4) is 11.1 Å². The minimum Gasteiger partial charge on any atom is -0.265 e. The van der Waals surface area contributed by atoms with E-state index in [0.29, 0.717) is 5.56 Å². The van der Waals surface area contributed by atoms with E-state index < -0.39 is 0 Å². The van der Waals surface area contributed by atoms with Crippen LogP contribution in [0.2, 0.25) is 0 Å². The Bertz CT molecular complexity index is 477. The zero-order valence-electron chi connectivity index (χ0n) is 9.44. The second kappa shape index (κ2) is 4.44. The van der Waals surface area contributed by atoms with Crippen molar-refractivity contribution < 1.29 is 4.39 Å². The van der Waals surface area contributed by atoms with Crippen LogP contribution in [0.4, 0.5) is 4.39 Å². The SMILES string of the molecule is CC(C)c1cccc(-c2ccncc2)c1F. The summed E-state index contributed by atoms with van der Waals surface area (Å²) < 4.78 is 14.2. The Morgan fingerprint density at radius 3 is 2.38 bits per heavy atom. The van der Waals surface area contributed by atoms with Crippen LogP contribution in [-0.4, -0.2) is 4.98 Å². The molecule has 16 heavy (non-hydrogen) atoms. The molecule has 1 aromatic heterocycles. The predicted octanol–water partition coefficient (Wildman–Crippen LogP) is 4.01. The van der Waals surface area contributed by atoms with Gasteiger partial charge in [-0.15, -0.1) is 0 Å². The molecule has 0 N–H and O–H groups in total. The van der Waals surface area contributed by atoms with Crippen molar-refractivity contribution in [1.29, 1.82) is 0 Å². The van der Waals surface area contributed by atoms with Crippen LogP contribution >= 0.6 is 0 Å². The molecule has 0 saturated heterocycles. The van der Waals surface area contributed by atoms with Crippen LogP contribution in [0.15, 0.2) is 42.7 Å². The number of rotatable bonds is 2. The topological polar surface area (TPSA) is 12.9 Å². The van der Waals surface area contributed by atoms with Gasteiger partial charge in [-0.05, 0) is 29.2 Å². The molecular formula is C14H14FN. The highest BCUT2D eigenvalue weighted by Crippen LogP contribution is 2.27. The van der Waals surface area contributed by atoms with Gasteiger partial charge in [-0.25, -0.2) is 4.39 Å². The lowest BCUT2D eigenvalue weighted by Gasteiger charge is -2.10. The van der Waals surface area contributed by atoms with Gasteiger partial charge < -0.3 is 0 Å². The third-order valence-corrected chi connectivity index (χ3v) is 2.64. The molecule has 1 heterocycles. The summed E-state index contributed by atoms with van der Waals surface area (Å²) in [7, 11) is 0. The first-order valence-electron chi connectivity index (χ1n) is 5.39. The monoisotopic (exact) mass is 215 g/mol. The standard InChI is InChI=1S/C14H14FN/c1-10(2)12-4-3-5-13(14(12)15)11-6-8-16-9-7-11/h3-10H,1-2H3. The van der Waals surface area contributed by atoms with Crippen molar-refractivity contribution in [2.24, 2.45) is 0 Å². The molecule has 0 aliphatic heterocycles. The Hall–Kier alpha value is -1.70. The van der Waals surface area contributed by atoms with E-state index in [1.165, 1.54) is 0 Å². The van der Waals surface area contributed by atoms with Gasteiger partial charge in [0.25, 0.3) is 0 Å². The van der Waals surface area contributed by atoms with Crippen LogP contribution in [0, 0.1) is 5.82 Å². The van der Waals surface area contributed by atoms with Crippen LogP contribution < -0.4 is 0 Å². The van der Waals surface area contributed by atoms with E-state index in [9.17, 15) is 4.39 Å². The smallest absolute Gasteiger partial charge is 0.134 e. The van der Waals surface area contributed by atoms with Crippen molar-refractivity contribution in [2.45, 2.75) is 19.8 Å². The van der Waals surface area contributed by atoms with Crippen molar-refractivity contribution >= 4 is 0 Å². The fraction of sp³-hybridized carbons (Fsp3) is 0.214. The summed E-state index contributed by atoms with van der Waals surface area (Å²) in [6.07, 6.45) is 3.35. The van der Waals surface area contributed by atoms with Crippen LogP contribution in [-0.2, 0) is 0 Å². The predicted molar refractivity (Wildman–Crippen MR) is 63.7 cm³/mol. The third-order valence-electron chi connectivity index (χ3n) is 2.64. The van der Waals surface area contributed by atoms with Crippen molar-refractivity contribution in [2.75, 3.05) is 0 Å². The van der Waals surface area contributed by atoms with Crippen molar-refractivity contribution in [1.82, 2.24) is 4.98 Å². The van der Waals surface area contributed by atoms with Gasteiger partial charge in [-0.2, -0.15) is 0 Å². The molecule has 0 spiro atoms. The fourth-order valence-electron chi connectivity index (χ4n) is 1.75. The number of hydrogen-bond donors (Lipinski definition) is 0. The Balaban J connectivity index is 2.55. The van der Waals surface area contributed by atoms with E-state index in [4.69, 9.17) is 0 Å².